The molecule has 0 radical (unpaired) electrons. The number of carbonyl (C=O) groups excluding carboxylic acids is 1. The van der Waals surface area contributed by atoms with Gasteiger partial charge in [0.2, 0.25) is 5.91 Å². The lowest BCUT2D eigenvalue weighted by Gasteiger charge is -2.38. The smallest absolute Gasteiger partial charge is 0.238 e. The number of aryl methyl sites for hydroxylation is 1. The highest BCUT2D eigenvalue weighted by Crippen LogP contribution is 2.32. The number of halogens is 1. The van der Waals surface area contributed by atoms with Crippen LogP contribution in [-0.2, 0) is 17.6 Å². The van der Waals surface area contributed by atoms with Crippen LogP contribution in [0.1, 0.15) is 43.2 Å². The van der Waals surface area contributed by atoms with Gasteiger partial charge in [0.15, 0.2) is 0 Å². The predicted octanol–water partition coefficient (Wildman–Crippen LogP) is 2.69. The molecule has 0 saturated heterocycles. The van der Waals surface area contributed by atoms with Crippen LogP contribution in [0.3, 0.4) is 0 Å². The van der Waals surface area contributed by atoms with Crippen LogP contribution in [0.25, 0.3) is 0 Å². The second kappa shape index (κ2) is 5.49. The number of rotatable bonds is 3. The van der Waals surface area contributed by atoms with Gasteiger partial charge in [0, 0.05) is 10.5 Å². The number of primary amides is 1. The Labute approximate surface area is 128 Å². The molecule has 0 spiro atoms. The minimum Gasteiger partial charge on any atom is -0.368 e. The maximum Gasteiger partial charge on any atom is 0.238 e. The average Bonchev–Trinajstić information content (AvgIpc) is 2.91. The third kappa shape index (κ3) is 2.63. The number of nitrogens with two attached hydrogens (primary N) is 1. The molecule has 3 rings (SSSR count). The maximum absolute atomic E-state index is 12.1. The molecule has 4 heteroatoms. The number of hydrogen-bond acceptors (Lipinski definition) is 2. The summed E-state index contributed by atoms with van der Waals surface area (Å²) in [7, 11) is 0. The number of carbonyl (C=O) groups is 1. The summed E-state index contributed by atoms with van der Waals surface area (Å²) in [6, 6.07) is 6.79. The van der Waals surface area contributed by atoms with Crippen LogP contribution >= 0.6 is 15.9 Å². The van der Waals surface area contributed by atoms with Crippen molar-refractivity contribution in [2.45, 2.75) is 56.5 Å². The number of hydrogen-bond donors (Lipinski definition) is 2. The van der Waals surface area contributed by atoms with Crippen LogP contribution in [0.15, 0.2) is 22.7 Å². The summed E-state index contributed by atoms with van der Waals surface area (Å²) in [6.45, 7) is 0. The lowest BCUT2D eigenvalue weighted by atomic mass is 9.77. The maximum atomic E-state index is 12.1. The number of fused-ring (bicyclic) bond motifs is 1. The largest absolute Gasteiger partial charge is 0.368 e. The first-order chi connectivity index (χ1) is 9.59. The van der Waals surface area contributed by atoms with Gasteiger partial charge in [0.05, 0.1) is 0 Å². The third-order valence-electron chi connectivity index (χ3n) is 4.79. The second-order valence-corrected chi connectivity index (χ2v) is 7.08. The molecule has 20 heavy (non-hydrogen) atoms. The molecule has 2 aliphatic carbocycles. The van der Waals surface area contributed by atoms with Crippen LogP contribution in [0.4, 0.5) is 0 Å². The van der Waals surface area contributed by atoms with E-state index in [4.69, 9.17) is 5.73 Å². The van der Waals surface area contributed by atoms with Crippen molar-refractivity contribution in [3.05, 3.63) is 33.8 Å². The Kier molecular flexibility index (Phi) is 3.87. The molecule has 1 amide bonds. The van der Waals surface area contributed by atoms with Gasteiger partial charge in [0.25, 0.3) is 0 Å². The number of amides is 1. The topological polar surface area (TPSA) is 55.1 Å². The standard InChI is InChI=1S/C16H21BrN2O/c17-13-6-5-12-10-16(15(18)20,8-7-11(12)9-13)19-14-3-1-2-4-14/h5-6,9,14,19H,1-4,7-8,10H2,(H2,18,20). The van der Waals surface area contributed by atoms with Crippen molar-refractivity contribution in [3.63, 3.8) is 0 Å². The Balaban J connectivity index is 1.85. The fourth-order valence-electron chi connectivity index (χ4n) is 3.63. The van der Waals surface area contributed by atoms with Gasteiger partial charge in [-0.1, -0.05) is 34.8 Å². The van der Waals surface area contributed by atoms with E-state index in [9.17, 15) is 4.79 Å². The van der Waals surface area contributed by atoms with Gasteiger partial charge in [0.1, 0.15) is 5.54 Å². The highest BCUT2D eigenvalue weighted by Gasteiger charge is 2.41. The molecule has 1 aromatic carbocycles. The molecular weight excluding hydrogens is 316 g/mol. The predicted molar refractivity (Wildman–Crippen MR) is 83.5 cm³/mol. The Hall–Kier alpha value is -0.870. The van der Waals surface area contributed by atoms with Gasteiger partial charge in [-0.2, -0.15) is 0 Å². The van der Waals surface area contributed by atoms with Crippen molar-refractivity contribution in [2.75, 3.05) is 0 Å². The van der Waals surface area contributed by atoms with E-state index in [0.717, 1.165) is 23.7 Å². The molecular formula is C16H21BrN2O. The molecule has 0 bridgehead atoms. The SMILES string of the molecule is NC(=O)C1(NC2CCCC2)CCc2cc(Br)ccc2C1. The third-order valence-corrected chi connectivity index (χ3v) is 5.28. The van der Waals surface area contributed by atoms with E-state index in [1.54, 1.807) is 0 Å². The highest BCUT2D eigenvalue weighted by molar-refractivity contribution is 9.10. The van der Waals surface area contributed by atoms with Crippen molar-refractivity contribution in [1.29, 1.82) is 0 Å². The van der Waals surface area contributed by atoms with E-state index in [1.165, 1.54) is 36.8 Å². The monoisotopic (exact) mass is 336 g/mol. The average molecular weight is 337 g/mol. The summed E-state index contributed by atoms with van der Waals surface area (Å²) in [6.07, 6.45) is 7.30. The summed E-state index contributed by atoms with van der Waals surface area (Å²) in [5.74, 6) is -0.196. The summed E-state index contributed by atoms with van der Waals surface area (Å²) in [5, 5.41) is 3.60. The van der Waals surface area contributed by atoms with E-state index in [2.05, 4.69) is 33.4 Å². The van der Waals surface area contributed by atoms with Gasteiger partial charge >= 0.3 is 0 Å². The minimum atomic E-state index is -0.546. The first-order valence-electron chi connectivity index (χ1n) is 7.44. The van der Waals surface area contributed by atoms with Gasteiger partial charge < -0.3 is 11.1 Å². The zero-order valence-electron chi connectivity index (χ0n) is 11.6. The molecule has 0 heterocycles. The molecule has 108 valence electrons. The van der Waals surface area contributed by atoms with E-state index < -0.39 is 5.54 Å². The molecule has 1 unspecified atom stereocenters. The molecule has 3 N–H and O–H groups in total. The van der Waals surface area contributed by atoms with Crippen LogP contribution in [0, 0.1) is 0 Å². The fourth-order valence-corrected chi connectivity index (χ4v) is 4.04. The lowest BCUT2D eigenvalue weighted by Crippen LogP contribution is -2.61. The second-order valence-electron chi connectivity index (χ2n) is 6.16. The molecule has 2 aliphatic rings. The summed E-state index contributed by atoms with van der Waals surface area (Å²) >= 11 is 3.51. The fraction of sp³-hybridized carbons (Fsp3) is 0.562. The molecule has 3 nitrogen and oxygen atoms in total. The van der Waals surface area contributed by atoms with Crippen LogP contribution in [0.2, 0.25) is 0 Å². The van der Waals surface area contributed by atoms with Crippen molar-refractivity contribution < 1.29 is 4.79 Å². The summed E-state index contributed by atoms with van der Waals surface area (Å²) in [4.78, 5) is 12.1. The van der Waals surface area contributed by atoms with E-state index in [0.29, 0.717) is 6.04 Å². The van der Waals surface area contributed by atoms with E-state index in [-0.39, 0.29) is 5.91 Å². The first kappa shape index (κ1) is 14.1. The summed E-state index contributed by atoms with van der Waals surface area (Å²) in [5.41, 5.74) is 7.80. The Morgan fingerprint density at radius 2 is 2.05 bits per heavy atom. The van der Waals surface area contributed by atoms with Crippen molar-refractivity contribution >= 4 is 21.8 Å². The zero-order chi connectivity index (χ0) is 14.2. The van der Waals surface area contributed by atoms with Gasteiger partial charge in [-0.05, 0) is 55.4 Å². The van der Waals surface area contributed by atoms with Crippen molar-refractivity contribution in [2.24, 2.45) is 5.73 Å². The summed E-state index contributed by atoms with van der Waals surface area (Å²) < 4.78 is 1.10. The molecule has 0 aromatic heterocycles. The van der Waals surface area contributed by atoms with Gasteiger partial charge in [-0.3, -0.25) is 4.79 Å². The quantitative estimate of drug-likeness (QED) is 0.891. The van der Waals surface area contributed by atoms with Gasteiger partial charge in [-0.15, -0.1) is 0 Å². The lowest BCUT2D eigenvalue weighted by molar-refractivity contribution is -0.125. The molecule has 1 aromatic rings. The number of benzene rings is 1. The van der Waals surface area contributed by atoms with E-state index in [1.807, 2.05) is 6.07 Å². The molecule has 0 aliphatic heterocycles. The molecule has 1 fully saturated rings. The van der Waals surface area contributed by atoms with Crippen molar-refractivity contribution in [3.8, 4) is 0 Å². The normalized spacial score (nSPS) is 26.4. The molecule has 1 atom stereocenters. The minimum absolute atomic E-state index is 0.196. The Morgan fingerprint density at radius 1 is 1.30 bits per heavy atom. The van der Waals surface area contributed by atoms with Crippen molar-refractivity contribution in [1.82, 2.24) is 5.32 Å². The van der Waals surface area contributed by atoms with Gasteiger partial charge in [-0.25, -0.2) is 0 Å². The Bertz CT molecular complexity index is 525. The zero-order valence-corrected chi connectivity index (χ0v) is 13.2. The first-order valence-corrected chi connectivity index (χ1v) is 8.23. The number of nitrogens with one attached hydrogen (secondary N) is 1. The van der Waals surface area contributed by atoms with E-state index >= 15 is 0 Å². The Morgan fingerprint density at radius 3 is 2.75 bits per heavy atom. The van der Waals surface area contributed by atoms with Crippen LogP contribution in [0.5, 0.6) is 0 Å². The van der Waals surface area contributed by atoms with Crippen LogP contribution in [-0.4, -0.2) is 17.5 Å². The highest BCUT2D eigenvalue weighted by atomic mass is 79.9. The molecule has 1 saturated carbocycles. The van der Waals surface area contributed by atoms with Crippen LogP contribution < -0.4 is 11.1 Å².